The Balaban J connectivity index is 0.000000222. The Kier molecular flexibility index (Phi) is 16.7. The monoisotopic (exact) mass is 980 g/mol. The van der Waals surface area contributed by atoms with Gasteiger partial charge in [-0.05, 0) is 151 Å². The average Bonchev–Trinajstić information content (AvgIpc) is 3.85. The number of nitrogens with one attached hydrogen (secondary N) is 2. The van der Waals surface area contributed by atoms with Crippen LogP contribution < -0.4 is 14.2 Å². The summed E-state index contributed by atoms with van der Waals surface area (Å²) in [5, 5.41) is 17.9. The molecule has 0 bridgehead atoms. The molecule has 0 amide bonds. The van der Waals surface area contributed by atoms with E-state index in [1.807, 2.05) is 36.4 Å². The van der Waals surface area contributed by atoms with Crippen LogP contribution in [0.5, 0.6) is 5.75 Å². The second-order valence-corrected chi connectivity index (χ2v) is 22.0. The van der Waals surface area contributed by atoms with Gasteiger partial charge in [-0.2, -0.15) is 0 Å². The van der Waals surface area contributed by atoms with Crippen LogP contribution in [-0.4, -0.2) is 54.0 Å². The third-order valence-electron chi connectivity index (χ3n) is 10.3. The number of sulfone groups is 1. The molecule has 67 heavy (non-hydrogen) atoms. The van der Waals surface area contributed by atoms with Crippen molar-refractivity contribution in [3.8, 4) is 5.75 Å². The highest BCUT2D eigenvalue weighted by Gasteiger charge is 2.24. The smallest absolute Gasteiger partial charge is 0.335 e. The molecule has 1 heterocycles. The van der Waals surface area contributed by atoms with E-state index in [0.717, 1.165) is 47.9 Å². The molecular weight excluding hydrogens is 933 g/mol. The molecule has 0 aliphatic carbocycles. The number of benzene rings is 6. The second-order valence-electron chi connectivity index (χ2n) is 15.2. The van der Waals surface area contributed by atoms with E-state index in [4.69, 9.17) is 14.9 Å². The highest BCUT2D eigenvalue weighted by molar-refractivity contribution is 7.96. The summed E-state index contributed by atoms with van der Waals surface area (Å²) < 4.78 is 86.9. The van der Waals surface area contributed by atoms with Gasteiger partial charge in [-0.1, -0.05) is 80.1 Å². The number of thiophene rings is 1. The van der Waals surface area contributed by atoms with Crippen molar-refractivity contribution in [1.29, 1.82) is 0 Å². The van der Waals surface area contributed by atoms with Crippen molar-refractivity contribution in [2.75, 3.05) is 16.1 Å². The summed E-state index contributed by atoms with van der Waals surface area (Å²) in [6.07, 6.45) is 4.92. The van der Waals surface area contributed by atoms with E-state index in [1.54, 1.807) is 91.0 Å². The van der Waals surface area contributed by atoms with Gasteiger partial charge < -0.3 is 14.9 Å². The van der Waals surface area contributed by atoms with Crippen molar-refractivity contribution in [3.05, 3.63) is 197 Å². The molecule has 6 aromatic carbocycles. The largest absolute Gasteiger partial charge is 0.494 e. The number of aryl methyl sites for hydroxylation is 4. The molecule has 0 unspecified atom stereocenters. The quantitative estimate of drug-likeness (QED) is 0.0528. The lowest BCUT2D eigenvalue weighted by molar-refractivity contribution is 0.0686. The maximum Gasteiger partial charge on any atom is 0.335 e. The Morgan fingerprint density at radius 2 is 0.910 bits per heavy atom. The molecule has 0 atom stereocenters. The van der Waals surface area contributed by atoms with Gasteiger partial charge >= 0.3 is 11.9 Å². The molecule has 0 saturated heterocycles. The number of carbonyl (C=O) groups is 2. The van der Waals surface area contributed by atoms with Crippen molar-refractivity contribution < 1.29 is 49.8 Å². The van der Waals surface area contributed by atoms with Gasteiger partial charge in [-0.3, -0.25) is 9.44 Å². The summed E-state index contributed by atoms with van der Waals surface area (Å²) >= 11 is 0.697. The molecule has 0 aliphatic rings. The second kappa shape index (κ2) is 22.6. The van der Waals surface area contributed by atoms with Crippen molar-refractivity contribution in [2.45, 2.75) is 63.7 Å². The van der Waals surface area contributed by atoms with Crippen molar-refractivity contribution in [1.82, 2.24) is 0 Å². The number of aromatic carboxylic acids is 2. The summed E-state index contributed by atoms with van der Waals surface area (Å²) in [6.45, 7) is 2.69. The van der Waals surface area contributed by atoms with Crippen molar-refractivity contribution in [3.63, 3.8) is 0 Å². The van der Waals surface area contributed by atoms with Crippen LogP contribution in [0.1, 0.15) is 62.7 Å². The Hall–Kier alpha value is -6.79. The zero-order chi connectivity index (χ0) is 48.0. The average molecular weight is 981 g/mol. The minimum absolute atomic E-state index is 0.0455. The normalized spacial score (nSPS) is 11.5. The number of rotatable bonds is 20. The first-order valence-corrected chi connectivity index (χ1v) is 26.3. The van der Waals surface area contributed by atoms with Crippen LogP contribution in [0.15, 0.2) is 182 Å². The maximum atomic E-state index is 12.8. The van der Waals surface area contributed by atoms with E-state index in [-0.39, 0.29) is 29.3 Å². The molecule has 0 aliphatic heterocycles. The molecule has 17 heteroatoms. The van der Waals surface area contributed by atoms with Gasteiger partial charge in [0.25, 0.3) is 20.0 Å². The molecule has 7 aromatic rings. The maximum absolute atomic E-state index is 12.8. The number of carboxylic acids is 2. The van der Waals surface area contributed by atoms with Crippen LogP contribution in [0.3, 0.4) is 0 Å². The molecule has 1 aromatic heterocycles. The summed E-state index contributed by atoms with van der Waals surface area (Å²) in [6, 6.07) is 44.5. The minimum Gasteiger partial charge on any atom is -0.494 e. The number of carboxylic acid groups (broad SMARTS) is 2. The van der Waals surface area contributed by atoms with Gasteiger partial charge in [0.15, 0.2) is 0 Å². The molecule has 7 rings (SSSR count). The molecule has 4 N–H and O–H groups in total. The number of anilines is 2. The zero-order valence-electron chi connectivity index (χ0n) is 36.2. The topological polar surface area (TPSA) is 210 Å². The summed E-state index contributed by atoms with van der Waals surface area (Å²) in [7, 11) is -11.4. The first kappa shape index (κ1) is 49.6. The fraction of sp³-hybridized carbons (Fsp3) is 0.160. The Bertz CT molecular complexity index is 3090. The van der Waals surface area contributed by atoms with Crippen LogP contribution >= 0.6 is 11.3 Å². The first-order valence-electron chi connectivity index (χ1n) is 21.0. The third-order valence-corrected chi connectivity index (χ3v) is 16.9. The van der Waals surface area contributed by atoms with E-state index in [1.165, 1.54) is 36.4 Å². The number of sulfonamides is 2. The highest BCUT2D eigenvalue weighted by Crippen LogP contribution is 2.31. The Morgan fingerprint density at radius 3 is 1.34 bits per heavy atom. The van der Waals surface area contributed by atoms with Crippen LogP contribution in [0.4, 0.5) is 11.4 Å². The van der Waals surface area contributed by atoms with Crippen LogP contribution in [0.25, 0.3) is 0 Å². The highest BCUT2D eigenvalue weighted by atomic mass is 32.3. The van der Waals surface area contributed by atoms with E-state index in [0.29, 0.717) is 47.9 Å². The summed E-state index contributed by atoms with van der Waals surface area (Å²) in [5.41, 5.74) is 5.44. The molecule has 0 radical (unpaired) electrons. The Labute approximate surface area is 394 Å². The lowest BCUT2D eigenvalue weighted by atomic mass is 10.0. The predicted molar refractivity (Wildman–Crippen MR) is 259 cm³/mol. The molecule has 348 valence electrons. The Morgan fingerprint density at radius 1 is 0.493 bits per heavy atom. The fourth-order valence-electron chi connectivity index (χ4n) is 6.46. The van der Waals surface area contributed by atoms with Gasteiger partial charge in [0.1, 0.15) is 14.2 Å². The predicted octanol–water partition coefficient (Wildman–Crippen LogP) is 10.0. The number of ether oxygens (including phenoxy) is 1. The van der Waals surface area contributed by atoms with Crippen LogP contribution in [0.2, 0.25) is 0 Å². The van der Waals surface area contributed by atoms with E-state index >= 15 is 0 Å². The number of hydrogen-bond acceptors (Lipinski definition) is 10. The molecule has 0 fully saturated rings. The lowest BCUT2D eigenvalue weighted by Gasteiger charge is -2.10. The summed E-state index contributed by atoms with van der Waals surface area (Å²) in [5.74, 6) is -1.25. The SMILES string of the molecule is CCCCOc1ccc(S(=O)(=O)Nc2ccc(CCc3ccc(C(=O)O)cc3)cc2)cc1.O=C(O)c1ccc(CCc2ccc(NS(=O)(=O)c3ccc(S(=O)(=O)c4ccccc4)s3)cc2)cc1. The fourth-order valence-corrected chi connectivity index (χ4v) is 11.8. The molecule has 0 spiro atoms. The third kappa shape index (κ3) is 14.1. The van der Waals surface area contributed by atoms with Gasteiger partial charge in [-0.25, -0.2) is 34.8 Å². The van der Waals surface area contributed by atoms with Crippen molar-refractivity contribution in [2.24, 2.45) is 0 Å². The van der Waals surface area contributed by atoms with Gasteiger partial charge in [0.2, 0.25) is 9.84 Å². The first-order chi connectivity index (χ1) is 32.0. The zero-order valence-corrected chi connectivity index (χ0v) is 39.5. The number of unbranched alkanes of at least 4 members (excludes halogenated alkanes) is 1. The van der Waals surface area contributed by atoms with Gasteiger partial charge in [-0.15, -0.1) is 11.3 Å². The lowest BCUT2D eigenvalue weighted by Crippen LogP contribution is -2.13. The van der Waals surface area contributed by atoms with Crippen LogP contribution in [0, 0.1) is 0 Å². The summed E-state index contributed by atoms with van der Waals surface area (Å²) in [4.78, 5) is 22.1. The minimum atomic E-state index is -3.96. The van der Waals surface area contributed by atoms with E-state index < -0.39 is 41.8 Å². The van der Waals surface area contributed by atoms with E-state index in [9.17, 15) is 34.8 Å². The van der Waals surface area contributed by atoms with E-state index in [2.05, 4.69) is 16.4 Å². The standard InChI is InChI=1S/C25H21NO6S3.C25H27NO5S/c27-25(28)20-12-8-18(9-13-20)6-7-19-10-14-21(15-11-19)26-35(31,32)24-17-16-23(33-24)34(29,30)22-4-2-1-3-5-22;1-2-3-18-31-23-14-16-24(17-15-23)32(29,30)26-22-12-8-20(9-13-22)5-4-19-6-10-21(11-7-19)25(27)28/h1-5,8-17,26H,6-7H2,(H,27,28);6-17,26H,2-5,18H2,1H3,(H,27,28). The van der Waals surface area contributed by atoms with Crippen LogP contribution in [-0.2, 0) is 55.6 Å². The molecule has 0 saturated carbocycles. The van der Waals surface area contributed by atoms with Gasteiger partial charge in [0.05, 0.1) is 27.5 Å². The van der Waals surface area contributed by atoms with Crippen molar-refractivity contribution >= 4 is 64.5 Å². The molecule has 13 nitrogen and oxygen atoms in total. The number of hydrogen-bond donors (Lipinski definition) is 4. The van der Waals surface area contributed by atoms with Gasteiger partial charge in [0, 0.05) is 11.4 Å². The molecular formula is C50H48N2O11S4.